The molecule has 0 spiro atoms. The van der Waals surface area contributed by atoms with Crippen LogP contribution in [0.4, 0.5) is 23.7 Å². The smallest absolute Gasteiger partial charge is 0.321 e. The molecule has 1 saturated heterocycles. The predicted molar refractivity (Wildman–Crippen MR) is 116 cm³/mol. The Balaban J connectivity index is 1.44. The van der Waals surface area contributed by atoms with Crippen LogP contribution in [-0.4, -0.2) is 57.7 Å². The summed E-state index contributed by atoms with van der Waals surface area (Å²) in [6, 6.07) is 8.30. The van der Waals surface area contributed by atoms with E-state index in [4.69, 9.17) is 0 Å². The number of piperazine rings is 1. The third-order valence-electron chi connectivity index (χ3n) is 5.59. The molecule has 2 heterocycles. The molecule has 0 aliphatic carbocycles. The molecule has 1 fully saturated rings. The zero-order valence-electron chi connectivity index (χ0n) is 18.1. The Morgan fingerprint density at radius 1 is 0.879 bits per heavy atom. The van der Waals surface area contributed by atoms with Gasteiger partial charge in [-0.3, -0.25) is 4.79 Å². The summed E-state index contributed by atoms with van der Waals surface area (Å²) in [5, 5.41) is 6.99. The predicted octanol–water partition coefficient (Wildman–Crippen LogP) is 3.90. The van der Waals surface area contributed by atoms with Crippen molar-refractivity contribution in [2.24, 2.45) is 0 Å². The normalized spacial score (nSPS) is 13.8. The van der Waals surface area contributed by atoms with E-state index in [-0.39, 0.29) is 17.6 Å². The van der Waals surface area contributed by atoms with Crippen LogP contribution in [0.2, 0.25) is 0 Å². The minimum Gasteiger partial charge on any atom is -0.335 e. The van der Waals surface area contributed by atoms with Gasteiger partial charge in [-0.15, -0.1) is 0 Å². The van der Waals surface area contributed by atoms with E-state index < -0.39 is 17.5 Å². The van der Waals surface area contributed by atoms with Crippen LogP contribution >= 0.6 is 0 Å². The van der Waals surface area contributed by atoms with Crippen molar-refractivity contribution in [3.8, 4) is 5.69 Å². The summed E-state index contributed by atoms with van der Waals surface area (Å²) in [6.45, 7) is 4.57. The summed E-state index contributed by atoms with van der Waals surface area (Å²) in [7, 11) is 0. The number of benzene rings is 2. The number of nitrogens with zero attached hydrogens (tertiary/aromatic N) is 4. The van der Waals surface area contributed by atoms with Gasteiger partial charge in [0.05, 0.1) is 17.0 Å². The average molecular weight is 457 g/mol. The van der Waals surface area contributed by atoms with Gasteiger partial charge in [-0.1, -0.05) is 0 Å². The van der Waals surface area contributed by atoms with Crippen molar-refractivity contribution in [3.05, 3.63) is 76.9 Å². The van der Waals surface area contributed by atoms with Crippen LogP contribution in [-0.2, 0) is 0 Å². The second-order valence-electron chi connectivity index (χ2n) is 7.77. The molecule has 1 N–H and O–H groups in total. The molecule has 1 aliphatic rings. The van der Waals surface area contributed by atoms with Crippen molar-refractivity contribution in [1.29, 1.82) is 0 Å². The van der Waals surface area contributed by atoms with Crippen LogP contribution in [0.5, 0.6) is 0 Å². The van der Waals surface area contributed by atoms with E-state index >= 15 is 0 Å². The molecule has 1 aromatic heterocycles. The first-order valence-corrected chi connectivity index (χ1v) is 10.4. The van der Waals surface area contributed by atoms with E-state index in [1.54, 1.807) is 23.6 Å². The highest BCUT2D eigenvalue weighted by atomic mass is 19.1. The van der Waals surface area contributed by atoms with Gasteiger partial charge in [0.15, 0.2) is 5.82 Å². The first kappa shape index (κ1) is 22.4. The Morgan fingerprint density at radius 2 is 1.48 bits per heavy atom. The standard InChI is InChI=1S/C23H22F3N5O2/c1-14-21(15(2)31(28-14)20-8-5-17(25)13-19(20)26)22(32)29-9-11-30(12-10-29)23(33)27-18-6-3-16(24)4-7-18/h3-8,13H,9-12H2,1-2H3,(H,27,33). The fourth-order valence-electron chi connectivity index (χ4n) is 3.85. The van der Waals surface area contributed by atoms with Crippen molar-refractivity contribution in [1.82, 2.24) is 19.6 Å². The van der Waals surface area contributed by atoms with Gasteiger partial charge in [-0.05, 0) is 50.2 Å². The Hall–Kier alpha value is -3.82. The van der Waals surface area contributed by atoms with E-state index in [0.29, 0.717) is 48.8 Å². The van der Waals surface area contributed by atoms with Gasteiger partial charge >= 0.3 is 6.03 Å². The number of aromatic nitrogens is 2. The van der Waals surface area contributed by atoms with Gasteiger partial charge in [0.2, 0.25) is 0 Å². The van der Waals surface area contributed by atoms with Crippen LogP contribution in [0.1, 0.15) is 21.7 Å². The Morgan fingerprint density at radius 3 is 2.12 bits per heavy atom. The fourth-order valence-corrected chi connectivity index (χ4v) is 3.85. The van der Waals surface area contributed by atoms with Crippen LogP contribution in [0.25, 0.3) is 5.69 Å². The van der Waals surface area contributed by atoms with Crippen molar-refractivity contribution >= 4 is 17.6 Å². The summed E-state index contributed by atoms with van der Waals surface area (Å²) in [6.07, 6.45) is 0. The minimum atomic E-state index is -0.777. The highest BCUT2D eigenvalue weighted by Crippen LogP contribution is 2.23. The van der Waals surface area contributed by atoms with Gasteiger partial charge in [-0.2, -0.15) is 5.10 Å². The zero-order valence-corrected chi connectivity index (χ0v) is 18.1. The number of aryl methyl sites for hydroxylation is 1. The quantitative estimate of drug-likeness (QED) is 0.649. The molecular weight excluding hydrogens is 435 g/mol. The molecule has 0 radical (unpaired) electrons. The molecule has 1 aliphatic heterocycles. The SMILES string of the molecule is Cc1nn(-c2ccc(F)cc2F)c(C)c1C(=O)N1CCN(C(=O)Nc2ccc(F)cc2)CC1. The van der Waals surface area contributed by atoms with Gasteiger partial charge in [-0.25, -0.2) is 22.6 Å². The van der Waals surface area contributed by atoms with Crippen LogP contribution in [0.3, 0.4) is 0 Å². The number of halogens is 3. The molecule has 4 rings (SSSR count). The second kappa shape index (κ2) is 8.97. The molecule has 0 bridgehead atoms. The van der Waals surface area contributed by atoms with E-state index in [1.165, 1.54) is 35.0 Å². The molecular formula is C23H22F3N5O2. The number of anilines is 1. The molecule has 0 saturated carbocycles. The summed E-state index contributed by atoms with van der Waals surface area (Å²) in [5.74, 6) is -2.13. The molecule has 0 unspecified atom stereocenters. The molecule has 10 heteroatoms. The fraction of sp³-hybridized carbons (Fsp3) is 0.261. The third-order valence-corrected chi connectivity index (χ3v) is 5.59. The van der Waals surface area contributed by atoms with Crippen molar-refractivity contribution in [2.45, 2.75) is 13.8 Å². The topological polar surface area (TPSA) is 70.5 Å². The monoisotopic (exact) mass is 457 g/mol. The van der Waals surface area contributed by atoms with Gasteiger partial charge in [0, 0.05) is 37.9 Å². The van der Waals surface area contributed by atoms with E-state index in [9.17, 15) is 22.8 Å². The Bertz CT molecular complexity index is 1200. The summed E-state index contributed by atoms with van der Waals surface area (Å²) < 4.78 is 41.8. The average Bonchev–Trinajstić information content (AvgIpc) is 3.08. The van der Waals surface area contributed by atoms with Crippen LogP contribution in [0.15, 0.2) is 42.5 Å². The maximum Gasteiger partial charge on any atom is 0.321 e. The maximum absolute atomic E-state index is 14.2. The van der Waals surface area contributed by atoms with Gasteiger partial charge in [0.25, 0.3) is 5.91 Å². The lowest BCUT2D eigenvalue weighted by atomic mass is 10.1. The summed E-state index contributed by atoms with van der Waals surface area (Å²) in [4.78, 5) is 28.8. The summed E-state index contributed by atoms with van der Waals surface area (Å²) >= 11 is 0. The molecule has 3 amide bonds. The van der Waals surface area contributed by atoms with E-state index in [2.05, 4.69) is 10.4 Å². The summed E-state index contributed by atoms with van der Waals surface area (Å²) in [5.41, 5.74) is 1.75. The number of amides is 3. The van der Waals surface area contributed by atoms with Crippen molar-refractivity contribution in [2.75, 3.05) is 31.5 Å². The second-order valence-corrected chi connectivity index (χ2v) is 7.77. The van der Waals surface area contributed by atoms with Gasteiger partial charge < -0.3 is 15.1 Å². The molecule has 172 valence electrons. The van der Waals surface area contributed by atoms with Crippen molar-refractivity contribution < 1.29 is 22.8 Å². The molecule has 7 nitrogen and oxygen atoms in total. The van der Waals surface area contributed by atoms with Crippen molar-refractivity contribution in [3.63, 3.8) is 0 Å². The lowest BCUT2D eigenvalue weighted by Gasteiger charge is -2.34. The van der Waals surface area contributed by atoms with E-state index in [0.717, 1.165) is 12.1 Å². The molecule has 33 heavy (non-hydrogen) atoms. The Kier molecular flexibility index (Phi) is 6.08. The van der Waals surface area contributed by atoms with Crippen LogP contribution < -0.4 is 5.32 Å². The van der Waals surface area contributed by atoms with Crippen LogP contribution in [0, 0.1) is 31.3 Å². The maximum atomic E-state index is 14.2. The highest BCUT2D eigenvalue weighted by molar-refractivity contribution is 5.97. The molecule has 3 aromatic rings. The first-order valence-electron chi connectivity index (χ1n) is 10.4. The van der Waals surface area contributed by atoms with E-state index in [1.807, 2.05) is 0 Å². The number of hydrogen-bond acceptors (Lipinski definition) is 3. The highest BCUT2D eigenvalue weighted by Gasteiger charge is 2.29. The number of hydrogen-bond donors (Lipinski definition) is 1. The lowest BCUT2D eigenvalue weighted by molar-refractivity contribution is 0.0670. The molecule has 2 aromatic carbocycles. The number of carbonyl (C=O) groups excluding carboxylic acids is 2. The Labute approximate surface area is 188 Å². The number of nitrogens with one attached hydrogen (secondary N) is 1. The number of rotatable bonds is 3. The molecule has 0 atom stereocenters. The zero-order chi connectivity index (χ0) is 23.7. The number of urea groups is 1. The number of carbonyl (C=O) groups is 2. The third kappa shape index (κ3) is 4.55. The van der Waals surface area contributed by atoms with Gasteiger partial charge in [0.1, 0.15) is 17.3 Å². The first-order chi connectivity index (χ1) is 15.7. The minimum absolute atomic E-state index is 0.0540. The lowest BCUT2D eigenvalue weighted by Crippen LogP contribution is -2.51. The largest absolute Gasteiger partial charge is 0.335 e.